The van der Waals surface area contributed by atoms with Crippen LogP contribution in [-0.4, -0.2) is 30.3 Å². The number of carboxylic acids is 1. The number of rotatable bonds is 7. The van der Waals surface area contributed by atoms with Gasteiger partial charge in [0.2, 0.25) is 0 Å². The summed E-state index contributed by atoms with van der Waals surface area (Å²) in [4.78, 5) is 10.9. The molecule has 0 saturated heterocycles. The van der Waals surface area contributed by atoms with Gasteiger partial charge in [0, 0.05) is 6.54 Å². The highest BCUT2D eigenvalue weighted by molar-refractivity contribution is 5.73. The maximum Gasteiger partial charge on any atom is 0.320 e. The van der Waals surface area contributed by atoms with E-state index in [1.165, 1.54) is 0 Å². The van der Waals surface area contributed by atoms with Crippen molar-refractivity contribution in [1.82, 2.24) is 5.32 Å². The lowest BCUT2D eigenvalue weighted by Crippen LogP contribution is -2.42. The first-order valence-corrected chi connectivity index (χ1v) is 5.75. The van der Waals surface area contributed by atoms with Gasteiger partial charge in [0.05, 0.1) is 0 Å². The average molecular weight is 237 g/mol. The molecule has 0 radical (unpaired) electrons. The summed E-state index contributed by atoms with van der Waals surface area (Å²) in [6.45, 7) is 4.73. The molecule has 0 heterocycles. The van der Waals surface area contributed by atoms with Crippen molar-refractivity contribution >= 4 is 5.97 Å². The second-order valence-electron chi connectivity index (χ2n) is 4.18. The Bertz CT molecular complexity index is 338. The van der Waals surface area contributed by atoms with Gasteiger partial charge in [-0.05, 0) is 18.1 Å². The van der Waals surface area contributed by atoms with Crippen LogP contribution in [0, 0.1) is 5.92 Å². The third kappa shape index (κ3) is 4.87. The van der Waals surface area contributed by atoms with Gasteiger partial charge in [-0.1, -0.05) is 32.0 Å². The Morgan fingerprint density at radius 1 is 1.35 bits per heavy atom. The molecule has 1 atom stereocenters. The molecule has 2 N–H and O–H groups in total. The predicted molar refractivity (Wildman–Crippen MR) is 66.2 cm³/mol. The van der Waals surface area contributed by atoms with E-state index in [-0.39, 0.29) is 5.92 Å². The van der Waals surface area contributed by atoms with Crippen LogP contribution in [0.1, 0.15) is 13.8 Å². The molecule has 0 spiro atoms. The maximum atomic E-state index is 10.9. The van der Waals surface area contributed by atoms with E-state index in [1.807, 2.05) is 44.2 Å². The van der Waals surface area contributed by atoms with Crippen molar-refractivity contribution in [3.8, 4) is 5.75 Å². The lowest BCUT2D eigenvalue weighted by molar-refractivity contribution is -0.140. The molecule has 1 unspecified atom stereocenters. The number of para-hydroxylation sites is 1. The minimum Gasteiger partial charge on any atom is -0.492 e. The Morgan fingerprint density at radius 2 is 2.00 bits per heavy atom. The van der Waals surface area contributed by atoms with Crippen molar-refractivity contribution in [3.05, 3.63) is 30.3 Å². The molecule has 0 aliphatic carbocycles. The Balaban J connectivity index is 2.26. The van der Waals surface area contributed by atoms with E-state index in [0.29, 0.717) is 13.2 Å². The highest BCUT2D eigenvalue weighted by Gasteiger charge is 2.19. The summed E-state index contributed by atoms with van der Waals surface area (Å²) in [5.41, 5.74) is 0. The molecule has 4 heteroatoms. The van der Waals surface area contributed by atoms with Crippen molar-refractivity contribution in [2.45, 2.75) is 19.9 Å². The van der Waals surface area contributed by atoms with Gasteiger partial charge in [-0.15, -0.1) is 0 Å². The van der Waals surface area contributed by atoms with Gasteiger partial charge in [-0.2, -0.15) is 0 Å². The zero-order valence-electron chi connectivity index (χ0n) is 10.2. The summed E-state index contributed by atoms with van der Waals surface area (Å²) in [6, 6.07) is 8.95. The average Bonchev–Trinajstić information content (AvgIpc) is 2.29. The number of aliphatic carboxylic acids is 1. The third-order valence-corrected chi connectivity index (χ3v) is 2.41. The third-order valence-electron chi connectivity index (χ3n) is 2.41. The van der Waals surface area contributed by atoms with Crippen molar-refractivity contribution in [1.29, 1.82) is 0 Å². The largest absolute Gasteiger partial charge is 0.492 e. The van der Waals surface area contributed by atoms with Crippen LogP contribution >= 0.6 is 0 Å². The number of nitrogens with one attached hydrogen (secondary N) is 1. The molecule has 0 fully saturated rings. The van der Waals surface area contributed by atoms with E-state index in [4.69, 9.17) is 9.84 Å². The molecule has 0 bridgehead atoms. The SMILES string of the molecule is CC(C)C(NCCOc1ccccc1)C(=O)O. The molecular weight excluding hydrogens is 218 g/mol. The van der Waals surface area contributed by atoms with E-state index in [9.17, 15) is 4.79 Å². The van der Waals surface area contributed by atoms with Gasteiger partial charge in [0.25, 0.3) is 0 Å². The Hall–Kier alpha value is -1.55. The normalized spacial score (nSPS) is 12.4. The van der Waals surface area contributed by atoms with Crippen LogP contribution in [0.5, 0.6) is 5.75 Å². The predicted octanol–water partition coefficient (Wildman–Crippen LogP) is 1.76. The monoisotopic (exact) mass is 237 g/mol. The summed E-state index contributed by atoms with van der Waals surface area (Å²) in [7, 11) is 0. The van der Waals surface area contributed by atoms with Crippen LogP contribution in [0.4, 0.5) is 0 Å². The zero-order chi connectivity index (χ0) is 12.7. The fourth-order valence-corrected chi connectivity index (χ4v) is 1.51. The molecule has 0 amide bonds. The minimum atomic E-state index is -0.820. The number of hydrogen-bond donors (Lipinski definition) is 2. The molecule has 0 aliphatic rings. The van der Waals surface area contributed by atoms with Crippen molar-refractivity contribution in [3.63, 3.8) is 0 Å². The van der Waals surface area contributed by atoms with Crippen LogP contribution in [0.3, 0.4) is 0 Å². The van der Waals surface area contributed by atoms with E-state index in [2.05, 4.69) is 5.32 Å². The smallest absolute Gasteiger partial charge is 0.320 e. The summed E-state index contributed by atoms with van der Waals surface area (Å²) < 4.78 is 5.46. The molecule has 0 aromatic heterocycles. The van der Waals surface area contributed by atoms with E-state index in [0.717, 1.165) is 5.75 Å². The van der Waals surface area contributed by atoms with E-state index in [1.54, 1.807) is 0 Å². The number of carbonyl (C=O) groups is 1. The van der Waals surface area contributed by atoms with Gasteiger partial charge in [-0.3, -0.25) is 4.79 Å². The summed E-state index contributed by atoms with van der Waals surface area (Å²) in [5.74, 6) is 0.0367. The zero-order valence-corrected chi connectivity index (χ0v) is 10.2. The van der Waals surface area contributed by atoms with Crippen LogP contribution in [0.25, 0.3) is 0 Å². The quantitative estimate of drug-likeness (QED) is 0.709. The second-order valence-corrected chi connectivity index (χ2v) is 4.18. The second kappa shape index (κ2) is 6.91. The molecule has 1 aromatic carbocycles. The fraction of sp³-hybridized carbons (Fsp3) is 0.462. The molecule has 0 saturated carbocycles. The first kappa shape index (κ1) is 13.5. The lowest BCUT2D eigenvalue weighted by Gasteiger charge is -2.17. The van der Waals surface area contributed by atoms with Crippen LogP contribution in [0.2, 0.25) is 0 Å². The first-order valence-electron chi connectivity index (χ1n) is 5.75. The molecule has 4 nitrogen and oxygen atoms in total. The molecule has 94 valence electrons. The topological polar surface area (TPSA) is 58.6 Å². The Kier molecular flexibility index (Phi) is 5.49. The first-order chi connectivity index (χ1) is 8.11. The van der Waals surface area contributed by atoms with Gasteiger partial charge in [0.1, 0.15) is 18.4 Å². The van der Waals surface area contributed by atoms with Gasteiger partial charge in [-0.25, -0.2) is 0 Å². The molecular formula is C13H19NO3. The Labute approximate surface area is 102 Å². The van der Waals surface area contributed by atoms with Crippen LogP contribution < -0.4 is 10.1 Å². The molecule has 1 aromatic rings. The van der Waals surface area contributed by atoms with Crippen molar-refractivity contribution in [2.75, 3.05) is 13.2 Å². The summed E-state index contributed by atoms with van der Waals surface area (Å²) in [5, 5.41) is 11.9. The molecule has 17 heavy (non-hydrogen) atoms. The fourth-order valence-electron chi connectivity index (χ4n) is 1.51. The Morgan fingerprint density at radius 3 is 2.53 bits per heavy atom. The number of hydrogen-bond acceptors (Lipinski definition) is 3. The standard InChI is InChI=1S/C13H19NO3/c1-10(2)12(13(15)16)14-8-9-17-11-6-4-3-5-7-11/h3-7,10,12,14H,8-9H2,1-2H3,(H,15,16). The number of ether oxygens (including phenoxy) is 1. The lowest BCUT2D eigenvalue weighted by atomic mass is 10.1. The molecule has 0 aliphatic heterocycles. The summed E-state index contributed by atoms with van der Waals surface area (Å²) in [6.07, 6.45) is 0. The van der Waals surface area contributed by atoms with Gasteiger partial charge >= 0.3 is 5.97 Å². The van der Waals surface area contributed by atoms with Crippen LogP contribution in [-0.2, 0) is 4.79 Å². The molecule has 1 rings (SSSR count). The highest BCUT2D eigenvalue weighted by Crippen LogP contribution is 2.07. The van der Waals surface area contributed by atoms with Gasteiger partial charge < -0.3 is 15.2 Å². The van der Waals surface area contributed by atoms with Crippen LogP contribution in [0.15, 0.2) is 30.3 Å². The van der Waals surface area contributed by atoms with Crippen molar-refractivity contribution in [2.24, 2.45) is 5.92 Å². The maximum absolute atomic E-state index is 10.9. The van der Waals surface area contributed by atoms with E-state index < -0.39 is 12.0 Å². The summed E-state index contributed by atoms with van der Waals surface area (Å²) >= 11 is 0. The number of carboxylic acid groups (broad SMARTS) is 1. The van der Waals surface area contributed by atoms with E-state index >= 15 is 0 Å². The van der Waals surface area contributed by atoms with Gasteiger partial charge in [0.15, 0.2) is 0 Å². The minimum absolute atomic E-state index is 0.0595. The highest BCUT2D eigenvalue weighted by atomic mass is 16.5. The van der Waals surface area contributed by atoms with Crippen molar-refractivity contribution < 1.29 is 14.6 Å². The number of benzene rings is 1.